The van der Waals surface area contributed by atoms with Gasteiger partial charge in [-0.3, -0.25) is 10.1 Å². The van der Waals surface area contributed by atoms with Crippen molar-refractivity contribution in [2.45, 2.75) is 4.90 Å². The molecule has 15 heavy (non-hydrogen) atoms. The molecule has 0 saturated heterocycles. The highest BCUT2D eigenvalue weighted by atomic mass is 32.2. The molecule has 0 aromatic heterocycles. The lowest BCUT2D eigenvalue weighted by molar-refractivity contribution is -0.385. The van der Waals surface area contributed by atoms with E-state index in [4.69, 9.17) is 9.66 Å². The molecule has 1 aromatic rings. The van der Waals surface area contributed by atoms with Crippen molar-refractivity contribution in [1.82, 2.24) is 0 Å². The minimum atomic E-state index is -2.89. The number of nitrogens with zero attached hydrogens (tertiary/aromatic N) is 1. The minimum absolute atomic E-state index is 0.302. The molecule has 1 unspecified atom stereocenters. The molecule has 0 amide bonds. The summed E-state index contributed by atoms with van der Waals surface area (Å²) in [4.78, 5) is 19.9. The first-order valence-electron chi connectivity index (χ1n) is 3.64. The lowest BCUT2D eigenvalue weighted by Crippen LogP contribution is -2.04. The molecule has 1 atom stereocenters. The van der Waals surface area contributed by atoms with Crippen molar-refractivity contribution in [1.29, 1.82) is 0 Å². The van der Waals surface area contributed by atoms with Gasteiger partial charge in [-0.1, -0.05) is 4.21 Å². The standard InChI is InChI=1S/C7H5NO6S/c9-7(10)5-2-1-4(8(11)12)3-6(5)15(13)14/h1-3H,(H,9,10)(H,13,14)/p+2. The highest BCUT2D eigenvalue weighted by Crippen LogP contribution is 2.20. The van der Waals surface area contributed by atoms with E-state index >= 15 is 0 Å². The normalized spacial score (nSPS) is 12.1. The van der Waals surface area contributed by atoms with Crippen LogP contribution in [-0.4, -0.2) is 20.6 Å². The van der Waals surface area contributed by atoms with Gasteiger partial charge >= 0.3 is 5.97 Å². The average Bonchev–Trinajstić information content (AvgIpc) is 2.16. The molecule has 0 spiro atoms. The lowest BCUT2D eigenvalue weighted by atomic mass is 10.2. The number of hydrogen-bond acceptors (Lipinski definition) is 4. The van der Waals surface area contributed by atoms with Gasteiger partial charge in [-0.15, -0.1) is 0 Å². The van der Waals surface area contributed by atoms with Crippen LogP contribution >= 0.6 is 0 Å². The Balaban J connectivity index is 3.40. The predicted octanol–water partition coefficient (Wildman–Crippen LogP) is -0.0124. The van der Waals surface area contributed by atoms with Crippen molar-refractivity contribution in [3.63, 3.8) is 0 Å². The van der Waals surface area contributed by atoms with Crippen LogP contribution in [0.2, 0.25) is 0 Å². The number of carbonyl (C=O) groups is 1. The molecule has 0 aliphatic heterocycles. The van der Waals surface area contributed by atoms with Crippen molar-refractivity contribution < 1.29 is 23.6 Å². The van der Waals surface area contributed by atoms with Crippen LogP contribution in [-0.2, 0) is 15.3 Å². The van der Waals surface area contributed by atoms with E-state index in [0.717, 1.165) is 18.2 Å². The Kier molecular flexibility index (Phi) is 3.12. The van der Waals surface area contributed by atoms with E-state index < -0.39 is 27.7 Å². The summed E-state index contributed by atoms with van der Waals surface area (Å²) < 4.78 is 19.6. The highest BCUT2D eigenvalue weighted by molar-refractivity contribution is 7.79. The number of benzene rings is 1. The minimum Gasteiger partial charge on any atom is -0.561 e. The van der Waals surface area contributed by atoms with E-state index in [0.29, 0.717) is 0 Å². The number of carbonyl (C=O) groups excluding carboxylic acids is 1. The summed E-state index contributed by atoms with van der Waals surface area (Å²) in [5.41, 5.74) is -0.698. The van der Waals surface area contributed by atoms with Gasteiger partial charge in [-0.05, 0) is 6.07 Å². The summed E-state index contributed by atoms with van der Waals surface area (Å²) in [5, 5.41) is 17.1. The molecule has 8 heteroatoms. The Hall–Kier alpha value is -1.80. The van der Waals surface area contributed by atoms with Crippen LogP contribution in [0, 0.1) is 10.1 Å². The van der Waals surface area contributed by atoms with Gasteiger partial charge in [0, 0.05) is 10.9 Å². The first-order chi connectivity index (χ1) is 6.93. The van der Waals surface area contributed by atoms with E-state index in [1.807, 2.05) is 0 Å². The Morgan fingerprint density at radius 1 is 1.53 bits per heavy atom. The zero-order chi connectivity index (χ0) is 11.6. The molecular weight excluding hydrogens is 226 g/mol. The summed E-state index contributed by atoms with van der Waals surface area (Å²) in [6.07, 6.45) is 0. The van der Waals surface area contributed by atoms with Crippen LogP contribution in [0.4, 0.5) is 5.69 Å². The maximum atomic E-state index is 10.8. The van der Waals surface area contributed by atoms with Gasteiger partial charge in [0.25, 0.3) is 5.69 Å². The SMILES string of the molecule is O=C([OH2+])c1ccc([N+](=O)[O-])cc1[SH+](=O)O. The van der Waals surface area contributed by atoms with Gasteiger partial charge in [0.05, 0.1) is 11.0 Å². The lowest BCUT2D eigenvalue weighted by Gasteiger charge is -1.94. The van der Waals surface area contributed by atoms with Crippen LogP contribution < -0.4 is 0 Å². The number of hydrogen-bond donors (Lipinski definition) is 1. The van der Waals surface area contributed by atoms with Crippen molar-refractivity contribution in [2.24, 2.45) is 0 Å². The maximum absolute atomic E-state index is 10.8. The van der Waals surface area contributed by atoms with Crippen molar-refractivity contribution in [2.75, 3.05) is 0 Å². The summed E-state index contributed by atoms with van der Waals surface area (Å²) >= 11 is -2.89. The fourth-order valence-electron chi connectivity index (χ4n) is 0.984. The Morgan fingerprint density at radius 3 is 2.53 bits per heavy atom. The molecule has 0 aliphatic rings. The first kappa shape index (κ1) is 11.3. The molecule has 0 bridgehead atoms. The van der Waals surface area contributed by atoms with Crippen molar-refractivity contribution in [3.8, 4) is 0 Å². The zero-order valence-electron chi connectivity index (χ0n) is 7.21. The molecule has 1 rings (SSSR count). The molecule has 80 valence electrons. The van der Waals surface area contributed by atoms with E-state index in [1.165, 1.54) is 0 Å². The predicted molar refractivity (Wildman–Crippen MR) is 51.4 cm³/mol. The van der Waals surface area contributed by atoms with Gasteiger partial charge in [0.1, 0.15) is 0 Å². The van der Waals surface area contributed by atoms with Crippen LogP contribution in [0.15, 0.2) is 23.1 Å². The Labute approximate surface area is 85.8 Å². The molecule has 0 saturated carbocycles. The molecule has 7 nitrogen and oxygen atoms in total. The second kappa shape index (κ2) is 4.15. The Morgan fingerprint density at radius 2 is 2.13 bits per heavy atom. The third kappa shape index (κ3) is 2.36. The monoisotopic (exact) mass is 233 g/mol. The van der Waals surface area contributed by atoms with Gasteiger partial charge < -0.3 is 5.11 Å². The summed E-state index contributed by atoms with van der Waals surface area (Å²) in [5.74, 6) is -1.16. The molecular formula is C7H7NO6S+2. The van der Waals surface area contributed by atoms with E-state index in [1.54, 1.807) is 0 Å². The number of thiol groups is 1. The number of nitro groups is 1. The second-order valence-corrected chi connectivity index (χ2v) is 3.59. The van der Waals surface area contributed by atoms with E-state index in [2.05, 4.69) is 0 Å². The Bertz CT molecular complexity index is 457. The second-order valence-electron chi connectivity index (χ2n) is 2.56. The van der Waals surface area contributed by atoms with E-state index in [-0.39, 0.29) is 10.5 Å². The molecule has 0 radical (unpaired) electrons. The zero-order valence-corrected chi connectivity index (χ0v) is 8.10. The van der Waals surface area contributed by atoms with Gasteiger partial charge in [-0.25, -0.2) is 0 Å². The number of nitro benzene ring substituents is 1. The topological polar surface area (TPSA) is 120 Å². The van der Waals surface area contributed by atoms with E-state index in [9.17, 15) is 19.1 Å². The molecule has 3 N–H and O–H groups in total. The van der Waals surface area contributed by atoms with Crippen molar-refractivity contribution >= 4 is 22.7 Å². The summed E-state index contributed by atoms with van der Waals surface area (Å²) in [6.45, 7) is 0. The van der Waals surface area contributed by atoms with Crippen molar-refractivity contribution in [3.05, 3.63) is 33.9 Å². The van der Waals surface area contributed by atoms with Crippen LogP contribution in [0.25, 0.3) is 0 Å². The van der Waals surface area contributed by atoms with Crippen LogP contribution in [0.3, 0.4) is 0 Å². The largest absolute Gasteiger partial charge is 0.561 e. The number of non-ortho nitro benzene ring substituents is 1. The molecule has 0 fully saturated rings. The fraction of sp³-hybridized carbons (Fsp3) is 0. The smallest absolute Gasteiger partial charge is 0.554 e. The maximum Gasteiger partial charge on any atom is 0.554 e. The van der Waals surface area contributed by atoms with Gasteiger partial charge in [0.2, 0.25) is 16.0 Å². The van der Waals surface area contributed by atoms with Gasteiger partial charge in [-0.2, -0.15) is 4.55 Å². The summed E-state index contributed by atoms with van der Waals surface area (Å²) in [6, 6.07) is 2.82. The quantitative estimate of drug-likeness (QED) is 0.340. The third-order valence-electron chi connectivity index (χ3n) is 1.64. The number of rotatable bonds is 3. The fourth-order valence-corrected chi connectivity index (χ4v) is 1.61. The third-order valence-corrected chi connectivity index (χ3v) is 2.43. The van der Waals surface area contributed by atoms with Crippen LogP contribution in [0.1, 0.15) is 10.4 Å². The van der Waals surface area contributed by atoms with Crippen LogP contribution in [0.5, 0.6) is 0 Å². The first-order valence-corrected chi connectivity index (χ1v) is 4.85. The van der Waals surface area contributed by atoms with Gasteiger partial charge in [0.15, 0.2) is 5.56 Å². The molecule has 1 aromatic carbocycles. The highest BCUT2D eigenvalue weighted by Gasteiger charge is 2.27. The average molecular weight is 233 g/mol. The summed E-state index contributed by atoms with van der Waals surface area (Å²) in [7, 11) is 0. The molecule has 0 heterocycles. The molecule has 0 aliphatic carbocycles.